The number of ether oxygens (including phenoxy) is 2. The Morgan fingerprint density at radius 3 is 2.80 bits per heavy atom. The molecule has 1 rings (SSSR count). The number of methoxy groups -OCH3 is 1. The van der Waals surface area contributed by atoms with Crippen LogP contribution in [0.3, 0.4) is 0 Å². The summed E-state index contributed by atoms with van der Waals surface area (Å²) in [5, 5.41) is 8.61. The molecule has 0 radical (unpaired) electrons. The molecule has 82 valence electrons. The number of nitrogens with zero attached hydrogens (tertiary/aromatic N) is 1. The molecule has 1 N–H and O–H groups in total. The molecule has 1 aromatic heterocycles. The van der Waals surface area contributed by atoms with E-state index in [1.165, 1.54) is 12.3 Å². The van der Waals surface area contributed by atoms with Crippen molar-refractivity contribution in [2.24, 2.45) is 0 Å². The number of carboxylic acid groups (broad SMARTS) is 1. The summed E-state index contributed by atoms with van der Waals surface area (Å²) in [5.74, 6) is -0.518. The van der Waals surface area contributed by atoms with Crippen LogP contribution in [0.2, 0.25) is 0 Å². The Bertz CT molecular complexity index is 323. The summed E-state index contributed by atoms with van der Waals surface area (Å²) in [7, 11) is 1.60. The van der Waals surface area contributed by atoms with Crippen molar-refractivity contribution in [3.8, 4) is 5.75 Å². The highest BCUT2D eigenvalue weighted by molar-refractivity contribution is 5.85. The maximum Gasteiger partial charge on any atom is 0.354 e. The van der Waals surface area contributed by atoms with Gasteiger partial charge in [0.1, 0.15) is 18.1 Å². The highest BCUT2D eigenvalue weighted by atomic mass is 16.5. The van der Waals surface area contributed by atoms with Gasteiger partial charge in [0.15, 0.2) is 0 Å². The first kappa shape index (κ1) is 11.5. The van der Waals surface area contributed by atoms with Gasteiger partial charge in [-0.05, 0) is 19.1 Å². The van der Waals surface area contributed by atoms with Crippen LogP contribution in [-0.4, -0.2) is 35.9 Å². The van der Waals surface area contributed by atoms with Crippen LogP contribution in [0.25, 0.3) is 0 Å². The Morgan fingerprint density at radius 2 is 2.33 bits per heavy atom. The molecule has 0 spiro atoms. The lowest BCUT2D eigenvalue weighted by molar-refractivity contribution is 0.0685. The highest BCUT2D eigenvalue weighted by Crippen LogP contribution is 2.09. The molecule has 0 aromatic carbocycles. The Kier molecular flexibility index (Phi) is 4.05. The van der Waals surface area contributed by atoms with E-state index < -0.39 is 5.97 Å². The lowest BCUT2D eigenvalue weighted by Crippen LogP contribution is -2.16. The Morgan fingerprint density at radius 1 is 1.60 bits per heavy atom. The number of hydrogen-bond donors (Lipinski definition) is 1. The summed E-state index contributed by atoms with van der Waals surface area (Å²) in [6.07, 6.45) is 1.37. The van der Waals surface area contributed by atoms with Crippen molar-refractivity contribution in [2.45, 2.75) is 13.0 Å². The van der Waals surface area contributed by atoms with Crippen LogP contribution < -0.4 is 4.74 Å². The fraction of sp³-hybridized carbons (Fsp3) is 0.400. The van der Waals surface area contributed by atoms with E-state index in [2.05, 4.69) is 4.98 Å². The van der Waals surface area contributed by atoms with Crippen molar-refractivity contribution < 1.29 is 19.4 Å². The summed E-state index contributed by atoms with van der Waals surface area (Å²) in [4.78, 5) is 14.2. The monoisotopic (exact) mass is 211 g/mol. The predicted octanol–water partition coefficient (Wildman–Crippen LogP) is 1.19. The van der Waals surface area contributed by atoms with Gasteiger partial charge < -0.3 is 14.6 Å². The van der Waals surface area contributed by atoms with Crippen molar-refractivity contribution in [1.29, 1.82) is 0 Å². The molecule has 0 fully saturated rings. The molecule has 0 amide bonds. The van der Waals surface area contributed by atoms with Crippen LogP contribution in [0, 0.1) is 0 Å². The molecule has 5 heteroatoms. The van der Waals surface area contributed by atoms with E-state index in [1.54, 1.807) is 13.2 Å². The molecular weight excluding hydrogens is 198 g/mol. The number of rotatable bonds is 5. The number of aromatic nitrogens is 1. The molecule has 1 atom stereocenters. The second kappa shape index (κ2) is 5.31. The molecule has 0 aliphatic heterocycles. The van der Waals surface area contributed by atoms with Crippen LogP contribution in [0.15, 0.2) is 18.3 Å². The normalized spacial score (nSPS) is 12.1. The Balaban J connectivity index is 2.53. The number of aromatic carboxylic acids is 1. The fourth-order valence-corrected chi connectivity index (χ4v) is 0.874. The van der Waals surface area contributed by atoms with Crippen LogP contribution in [0.5, 0.6) is 5.75 Å². The molecule has 15 heavy (non-hydrogen) atoms. The Hall–Kier alpha value is -1.62. The summed E-state index contributed by atoms with van der Waals surface area (Å²) in [6, 6.07) is 2.97. The van der Waals surface area contributed by atoms with Crippen LogP contribution in [0.4, 0.5) is 0 Å². The summed E-state index contributed by atoms with van der Waals surface area (Å²) < 4.78 is 10.3. The van der Waals surface area contributed by atoms with E-state index in [0.29, 0.717) is 12.4 Å². The molecule has 0 saturated carbocycles. The minimum atomic E-state index is -1.05. The second-order valence-corrected chi connectivity index (χ2v) is 3.04. The first-order valence-electron chi connectivity index (χ1n) is 4.48. The van der Waals surface area contributed by atoms with E-state index in [0.717, 1.165) is 0 Å². The third-order valence-electron chi connectivity index (χ3n) is 1.84. The van der Waals surface area contributed by atoms with Gasteiger partial charge in [0.25, 0.3) is 0 Å². The Labute approximate surface area is 87.7 Å². The van der Waals surface area contributed by atoms with Crippen LogP contribution >= 0.6 is 0 Å². The molecule has 0 aliphatic rings. The van der Waals surface area contributed by atoms with E-state index in [4.69, 9.17) is 14.6 Å². The van der Waals surface area contributed by atoms with Gasteiger partial charge in [0.2, 0.25) is 0 Å². The third-order valence-corrected chi connectivity index (χ3v) is 1.84. The van der Waals surface area contributed by atoms with Gasteiger partial charge in [-0.15, -0.1) is 0 Å². The van der Waals surface area contributed by atoms with Gasteiger partial charge in [-0.1, -0.05) is 0 Å². The van der Waals surface area contributed by atoms with Gasteiger partial charge in [0, 0.05) is 7.11 Å². The molecule has 0 saturated heterocycles. The largest absolute Gasteiger partial charge is 0.489 e. The predicted molar refractivity (Wildman–Crippen MR) is 53.2 cm³/mol. The van der Waals surface area contributed by atoms with Crippen LogP contribution in [0.1, 0.15) is 17.4 Å². The molecule has 0 aliphatic carbocycles. The van der Waals surface area contributed by atoms with Crippen molar-refractivity contribution in [3.63, 3.8) is 0 Å². The van der Waals surface area contributed by atoms with Crippen LogP contribution in [-0.2, 0) is 4.74 Å². The number of hydrogen-bond acceptors (Lipinski definition) is 4. The average Bonchev–Trinajstić information content (AvgIpc) is 2.26. The SMILES string of the molecule is COC(C)COc1ccc(C(=O)O)nc1. The quantitative estimate of drug-likeness (QED) is 0.792. The fourth-order valence-electron chi connectivity index (χ4n) is 0.874. The average molecular weight is 211 g/mol. The molecular formula is C10H13NO4. The molecule has 0 bridgehead atoms. The minimum absolute atomic E-state index is 0.00198. The van der Waals surface area contributed by atoms with Crippen molar-refractivity contribution >= 4 is 5.97 Å². The molecule has 5 nitrogen and oxygen atoms in total. The zero-order valence-corrected chi connectivity index (χ0v) is 8.64. The first-order valence-corrected chi connectivity index (χ1v) is 4.48. The van der Waals surface area contributed by atoms with E-state index in [9.17, 15) is 4.79 Å². The van der Waals surface area contributed by atoms with Crippen molar-refractivity contribution in [3.05, 3.63) is 24.0 Å². The standard InChI is InChI=1S/C10H13NO4/c1-7(14-2)6-15-8-3-4-9(10(12)13)11-5-8/h3-5,7H,6H2,1-2H3,(H,12,13). The number of carboxylic acids is 1. The molecule has 1 aromatic rings. The van der Waals surface area contributed by atoms with Gasteiger partial charge in [-0.2, -0.15) is 0 Å². The van der Waals surface area contributed by atoms with Gasteiger partial charge in [-0.25, -0.2) is 9.78 Å². The summed E-state index contributed by atoms with van der Waals surface area (Å²) >= 11 is 0. The number of carbonyl (C=O) groups is 1. The third kappa shape index (κ3) is 3.55. The lowest BCUT2D eigenvalue weighted by Gasteiger charge is -2.10. The zero-order chi connectivity index (χ0) is 11.3. The smallest absolute Gasteiger partial charge is 0.354 e. The topological polar surface area (TPSA) is 68.7 Å². The van der Waals surface area contributed by atoms with E-state index >= 15 is 0 Å². The minimum Gasteiger partial charge on any atom is -0.489 e. The molecule has 1 heterocycles. The maximum atomic E-state index is 10.5. The van der Waals surface area contributed by atoms with E-state index in [1.807, 2.05) is 6.92 Å². The number of pyridine rings is 1. The van der Waals surface area contributed by atoms with Crippen molar-refractivity contribution in [1.82, 2.24) is 4.98 Å². The summed E-state index contributed by atoms with van der Waals surface area (Å²) in [5.41, 5.74) is 0.00198. The van der Waals surface area contributed by atoms with Gasteiger partial charge in [0.05, 0.1) is 12.3 Å². The maximum absolute atomic E-state index is 10.5. The summed E-state index contributed by atoms with van der Waals surface area (Å²) in [6.45, 7) is 2.28. The molecule has 1 unspecified atom stereocenters. The second-order valence-electron chi connectivity index (χ2n) is 3.04. The van der Waals surface area contributed by atoms with Gasteiger partial charge in [-0.3, -0.25) is 0 Å². The highest BCUT2D eigenvalue weighted by Gasteiger charge is 2.05. The van der Waals surface area contributed by atoms with Gasteiger partial charge >= 0.3 is 5.97 Å². The lowest BCUT2D eigenvalue weighted by atomic mass is 10.3. The first-order chi connectivity index (χ1) is 7.13. The van der Waals surface area contributed by atoms with E-state index in [-0.39, 0.29) is 11.8 Å². The zero-order valence-electron chi connectivity index (χ0n) is 8.64. The van der Waals surface area contributed by atoms with Crippen molar-refractivity contribution in [2.75, 3.05) is 13.7 Å².